The van der Waals surface area contributed by atoms with Crippen molar-refractivity contribution in [3.63, 3.8) is 0 Å². The predicted molar refractivity (Wildman–Crippen MR) is 173 cm³/mol. The third-order valence-corrected chi connectivity index (χ3v) is 8.30. The van der Waals surface area contributed by atoms with Crippen molar-refractivity contribution in [1.82, 2.24) is 20.2 Å². The molecular formula is C37H38N4O4. The second-order valence-electron chi connectivity index (χ2n) is 11.7. The van der Waals surface area contributed by atoms with Crippen LogP contribution >= 0.6 is 0 Å². The van der Waals surface area contributed by atoms with Crippen molar-refractivity contribution in [2.75, 3.05) is 13.6 Å². The summed E-state index contributed by atoms with van der Waals surface area (Å²) in [6.45, 7) is 4.09. The Morgan fingerprint density at radius 1 is 0.822 bits per heavy atom. The van der Waals surface area contributed by atoms with Crippen molar-refractivity contribution in [1.29, 1.82) is 0 Å². The maximum absolute atomic E-state index is 12.8. The lowest BCUT2D eigenvalue weighted by molar-refractivity contribution is -0.276. The molecular weight excluding hydrogens is 564 g/mol. The zero-order valence-electron chi connectivity index (χ0n) is 25.5. The molecule has 2 N–H and O–H groups in total. The highest BCUT2D eigenvalue weighted by molar-refractivity contribution is 5.93. The SMILES string of the molecule is CC1C(CN(C)Cc2ccccc2)OC(c2ccc(CNC(=O)c3cnc4ccccc4n3)cc2)OC1c1ccc(CO)cc1. The third-order valence-electron chi connectivity index (χ3n) is 8.30. The first-order valence-corrected chi connectivity index (χ1v) is 15.3. The van der Waals surface area contributed by atoms with Gasteiger partial charge in [-0.25, -0.2) is 4.98 Å². The molecule has 0 bridgehead atoms. The number of likely N-dealkylation sites (N-methyl/N-ethyl adjacent to an activating group) is 1. The zero-order chi connectivity index (χ0) is 31.2. The van der Waals surface area contributed by atoms with Crippen LogP contribution in [0.25, 0.3) is 11.0 Å². The number of benzene rings is 4. The van der Waals surface area contributed by atoms with Crippen molar-refractivity contribution in [3.8, 4) is 0 Å². The number of amides is 1. The number of carbonyl (C=O) groups is 1. The van der Waals surface area contributed by atoms with Crippen LogP contribution in [0.3, 0.4) is 0 Å². The molecule has 1 aromatic heterocycles. The van der Waals surface area contributed by atoms with Gasteiger partial charge in [-0.15, -0.1) is 0 Å². The van der Waals surface area contributed by atoms with Crippen molar-refractivity contribution in [3.05, 3.63) is 143 Å². The van der Waals surface area contributed by atoms with Crippen LogP contribution in [0.1, 0.15) is 57.6 Å². The van der Waals surface area contributed by atoms with Crippen LogP contribution in [0.5, 0.6) is 0 Å². The Morgan fingerprint density at radius 2 is 1.49 bits per heavy atom. The van der Waals surface area contributed by atoms with E-state index in [1.807, 2.05) is 78.9 Å². The highest BCUT2D eigenvalue weighted by Gasteiger charge is 2.38. The molecule has 0 aliphatic carbocycles. The summed E-state index contributed by atoms with van der Waals surface area (Å²) in [4.78, 5) is 23.9. The van der Waals surface area contributed by atoms with E-state index < -0.39 is 6.29 Å². The second kappa shape index (κ2) is 14.1. The van der Waals surface area contributed by atoms with Gasteiger partial charge in [0, 0.05) is 31.1 Å². The van der Waals surface area contributed by atoms with E-state index in [4.69, 9.17) is 9.47 Å². The fraction of sp³-hybridized carbons (Fsp3) is 0.270. The van der Waals surface area contributed by atoms with Crippen LogP contribution in [0, 0.1) is 5.92 Å². The molecule has 4 atom stereocenters. The number of hydrogen-bond donors (Lipinski definition) is 2. The topological polar surface area (TPSA) is 96.8 Å². The molecule has 45 heavy (non-hydrogen) atoms. The third kappa shape index (κ3) is 7.44. The Hall–Kier alpha value is -4.47. The van der Waals surface area contributed by atoms with E-state index in [0.29, 0.717) is 12.1 Å². The number of nitrogens with zero attached hydrogens (tertiary/aromatic N) is 3. The summed E-state index contributed by atoms with van der Waals surface area (Å²) in [5.74, 6) is -0.185. The molecule has 5 aromatic rings. The average Bonchev–Trinajstić information content (AvgIpc) is 3.08. The average molecular weight is 603 g/mol. The van der Waals surface area contributed by atoms with Gasteiger partial charge < -0.3 is 19.9 Å². The number of hydrogen-bond acceptors (Lipinski definition) is 7. The van der Waals surface area contributed by atoms with Crippen LogP contribution in [0.15, 0.2) is 109 Å². The Bertz CT molecular complexity index is 1710. The number of aliphatic hydroxyl groups is 1. The monoisotopic (exact) mass is 602 g/mol. The maximum Gasteiger partial charge on any atom is 0.271 e. The van der Waals surface area contributed by atoms with Crippen molar-refractivity contribution < 1.29 is 19.4 Å². The number of aliphatic hydroxyl groups excluding tert-OH is 1. The van der Waals surface area contributed by atoms with Gasteiger partial charge >= 0.3 is 0 Å². The van der Waals surface area contributed by atoms with Gasteiger partial charge in [0.2, 0.25) is 0 Å². The van der Waals surface area contributed by atoms with Crippen molar-refractivity contribution >= 4 is 16.9 Å². The number of fused-ring (bicyclic) bond motifs is 1. The molecule has 4 aromatic carbocycles. The van der Waals surface area contributed by atoms with E-state index in [-0.39, 0.29) is 36.3 Å². The number of ether oxygens (including phenoxy) is 2. The molecule has 1 aliphatic heterocycles. The molecule has 4 unspecified atom stereocenters. The van der Waals surface area contributed by atoms with Gasteiger partial charge in [-0.05, 0) is 41.4 Å². The van der Waals surface area contributed by atoms with E-state index in [9.17, 15) is 9.90 Å². The smallest absolute Gasteiger partial charge is 0.271 e. The van der Waals surface area contributed by atoms with Gasteiger partial charge in [0.1, 0.15) is 5.69 Å². The Labute approximate surface area is 263 Å². The predicted octanol–water partition coefficient (Wildman–Crippen LogP) is 5.98. The molecule has 0 saturated carbocycles. The lowest BCUT2D eigenvalue weighted by Gasteiger charge is -2.42. The fourth-order valence-corrected chi connectivity index (χ4v) is 5.73. The molecule has 1 saturated heterocycles. The van der Waals surface area contributed by atoms with Gasteiger partial charge in [0.05, 0.1) is 36.0 Å². The standard InChI is InChI=1S/C37H38N4O4/c1-25-34(23-41(2)22-27-8-4-3-5-9-27)44-37(45-35(25)29-16-14-28(24-42)15-17-29)30-18-12-26(13-19-30)20-39-36(43)33-21-38-31-10-6-7-11-32(31)40-33/h3-19,21,25,34-35,37,42H,20,22-24H2,1-2H3,(H,39,43). The van der Waals surface area contributed by atoms with Crippen LogP contribution in [-0.4, -0.2) is 45.6 Å². The van der Waals surface area contributed by atoms with Crippen LogP contribution in [0.4, 0.5) is 0 Å². The van der Waals surface area contributed by atoms with Crippen LogP contribution in [0.2, 0.25) is 0 Å². The van der Waals surface area contributed by atoms with Gasteiger partial charge in [-0.2, -0.15) is 0 Å². The van der Waals surface area contributed by atoms with E-state index >= 15 is 0 Å². The number of rotatable bonds is 10. The minimum Gasteiger partial charge on any atom is -0.392 e. The van der Waals surface area contributed by atoms with E-state index in [1.54, 1.807) is 0 Å². The summed E-state index contributed by atoms with van der Waals surface area (Å²) >= 11 is 0. The lowest BCUT2D eigenvalue weighted by atomic mass is 9.90. The number of para-hydroxylation sites is 2. The molecule has 230 valence electrons. The van der Waals surface area contributed by atoms with E-state index in [0.717, 1.165) is 40.9 Å². The first-order chi connectivity index (χ1) is 22.0. The molecule has 8 heteroatoms. The van der Waals surface area contributed by atoms with E-state index in [1.165, 1.54) is 11.8 Å². The molecule has 1 aliphatic rings. The van der Waals surface area contributed by atoms with Crippen molar-refractivity contribution in [2.24, 2.45) is 5.92 Å². The molecule has 6 rings (SSSR count). The van der Waals surface area contributed by atoms with Crippen molar-refractivity contribution in [2.45, 2.75) is 45.1 Å². The minimum atomic E-state index is -0.560. The molecule has 1 amide bonds. The Kier molecular flexibility index (Phi) is 9.57. The van der Waals surface area contributed by atoms with Crippen LogP contribution < -0.4 is 5.32 Å². The first-order valence-electron chi connectivity index (χ1n) is 15.3. The number of aromatic nitrogens is 2. The summed E-state index contributed by atoms with van der Waals surface area (Å²) in [5, 5.41) is 12.5. The Morgan fingerprint density at radius 3 is 2.22 bits per heavy atom. The summed E-state index contributed by atoms with van der Waals surface area (Å²) in [6, 6.07) is 33.8. The number of carbonyl (C=O) groups excluding carboxylic acids is 1. The summed E-state index contributed by atoms with van der Waals surface area (Å²) < 4.78 is 13.2. The molecule has 2 heterocycles. The van der Waals surface area contributed by atoms with Gasteiger partial charge in [0.15, 0.2) is 6.29 Å². The normalized spacial score (nSPS) is 19.9. The van der Waals surface area contributed by atoms with Gasteiger partial charge in [-0.1, -0.05) is 97.9 Å². The number of nitrogens with one attached hydrogen (secondary N) is 1. The molecule has 0 radical (unpaired) electrons. The molecule has 0 spiro atoms. The molecule has 1 fully saturated rings. The quantitative estimate of drug-likeness (QED) is 0.203. The highest BCUT2D eigenvalue weighted by Crippen LogP contribution is 2.42. The van der Waals surface area contributed by atoms with E-state index in [2.05, 4.69) is 58.4 Å². The molecule has 8 nitrogen and oxygen atoms in total. The highest BCUT2D eigenvalue weighted by atomic mass is 16.7. The minimum absolute atomic E-state index is 0.00244. The largest absolute Gasteiger partial charge is 0.392 e. The maximum atomic E-state index is 12.8. The Balaban J connectivity index is 1.15. The zero-order valence-corrected chi connectivity index (χ0v) is 25.5. The second-order valence-corrected chi connectivity index (χ2v) is 11.7. The van der Waals surface area contributed by atoms with Gasteiger partial charge in [-0.3, -0.25) is 14.7 Å². The summed E-state index contributed by atoms with van der Waals surface area (Å²) in [7, 11) is 2.12. The van der Waals surface area contributed by atoms with Gasteiger partial charge in [0.25, 0.3) is 5.91 Å². The van der Waals surface area contributed by atoms with Crippen LogP contribution in [-0.2, 0) is 29.2 Å². The lowest BCUT2D eigenvalue weighted by Crippen LogP contribution is -2.43. The first kappa shape index (κ1) is 30.6. The summed E-state index contributed by atoms with van der Waals surface area (Å²) in [5.41, 5.74) is 6.74. The summed E-state index contributed by atoms with van der Waals surface area (Å²) in [6.07, 6.45) is 0.673. The fourth-order valence-electron chi connectivity index (χ4n) is 5.73.